The molecule has 3 aromatic carbocycles. The number of halogens is 3. The van der Waals surface area contributed by atoms with Gasteiger partial charge < -0.3 is 24.5 Å². The Morgan fingerprint density at radius 1 is 0.881 bits per heavy atom. The van der Waals surface area contributed by atoms with Crippen LogP contribution in [-0.4, -0.2) is 89.6 Å². The number of carbonyl (C=O) groups is 5. The summed E-state index contributed by atoms with van der Waals surface area (Å²) in [6.45, 7) is 16.0. The minimum absolute atomic E-state index is 0.214. The summed E-state index contributed by atoms with van der Waals surface area (Å²) in [5, 5.41) is 9.59. The zero-order valence-corrected chi connectivity index (χ0v) is 42.8. The molecule has 0 aliphatic carbocycles. The first-order chi connectivity index (χ1) is 31.4. The number of hydrazine groups is 1. The van der Waals surface area contributed by atoms with Gasteiger partial charge in [0.1, 0.15) is 30.8 Å². The molecule has 0 saturated carbocycles. The van der Waals surface area contributed by atoms with E-state index in [4.69, 9.17) is 53.7 Å². The van der Waals surface area contributed by atoms with E-state index in [1.165, 1.54) is 11.9 Å². The van der Waals surface area contributed by atoms with Crippen LogP contribution in [0.15, 0.2) is 97.1 Å². The Hall–Kier alpha value is -4.83. The van der Waals surface area contributed by atoms with Gasteiger partial charge in [0, 0.05) is 18.9 Å². The topological polar surface area (TPSA) is 165 Å². The lowest BCUT2D eigenvalue weighted by molar-refractivity contribution is -0.153. The Labute approximate surface area is 409 Å². The highest BCUT2D eigenvalue weighted by Gasteiger charge is 2.51. The Morgan fingerprint density at radius 3 is 2.06 bits per heavy atom. The fourth-order valence-corrected chi connectivity index (χ4v) is 12.7. The summed E-state index contributed by atoms with van der Waals surface area (Å²) in [6.07, 6.45) is 3.83. The second-order valence-corrected chi connectivity index (χ2v) is 25.6. The summed E-state index contributed by atoms with van der Waals surface area (Å²) >= 11 is 17.5. The van der Waals surface area contributed by atoms with Gasteiger partial charge in [-0.3, -0.25) is 29.0 Å². The molecular formula is C50H62Cl3N5O8Si. The van der Waals surface area contributed by atoms with Gasteiger partial charge in [0.05, 0.1) is 23.2 Å². The van der Waals surface area contributed by atoms with Gasteiger partial charge in [-0.25, -0.2) is 10.4 Å². The summed E-state index contributed by atoms with van der Waals surface area (Å²) in [5.74, 6) is -3.08. The lowest BCUT2D eigenvalue weighted by atomic mass is 9.89. The summed E-state index contributed by atoms with van der Waals surface area (Å²) in [7, 11) is -3.24. The number of pyridine rings is 1. The highest BCUT2D eigenvalue weighted by atomic mass is 35.6. The molecule has 1 aliphatic heterocycles. The van der Waals surface area contributed by atoms with E-state index in [0.717, 1.165) is 21.3 Å². The number of carbonyl (C=O) groups excluding carboxylic acids is 5. The summed E-state index contributed by atoms with van der Waals surface area (Å²) in [6, 6.07) is 26.0. The van der Waals surface area contributed by atoms with Gasteiger partial charge in [-0.15, -0.1) is 0 Å². The zero-order valence-electron chi connectivity index (χ0n) is 39.5. The van der Waals surface area contributed by atoms with E-state index in [1.54, 1.807) is 40.7 Å². The quantitative estimate of drug-likeness (QED) is 0.0548. The highest BCUT2D eigenvalue weighted by Crippen LogP contribution is 2.37. The molecule has 4 atom stereocenters. The molecule has 1 aromatic heterocycles. The predicted octanol–water partition coefficient (Wildman–Crippen LogP) is 7.51. The largest absolute Gasteiger partial charge is 0.460 e. The lowest BCUT2D eigenvalue weighted by Crippen LogP contribution is -2.69. The molecule has 0 bridgehead atoms. The first kappa shape index (κ1) is 53.1. The number of benzene rings is 3. The molecule has 0 radical (unpaired) electrons. The number of nitrogens with zero attached hydrogens (tertiary/aromatic N) is 2. The normalized spacial score (nSPS) is 16.3. The van der Waals surface area contributed by atoms with Crippen molar-refractivity contribution < 1.29 is 37.9 Å². The number of hydrogen-bond acceptors (Lipinski definition) is 10. The van der Waals surface area contributed by atoms with E-state index < -0.39 is 89.0 Å². The molecule has 360 valence electrons. The second-order valence-electron chi connectivity index (χ2n) is 18.8. The maximum Gasteiger partial charge on any atom is 0.325 e. The van der Waals surface area contributed by atoms with Crippen molar-refractivity contribution >= 4 is 100 Å². The molecule has 13 nitrogen and oxygen atoms in total. The van der Waals surface area contributed by atoms with Crippen LogP contribution in [0.25, 0.3) is 17.0 Å². The minimum atomic E-state index is -3.24. The van der Waals surface area contributed by atoms with Crippen LogP contribution in [0.3, 0.4) is 0 Å². The van der Waals surface area contributed by atoms with Crippen molar-refractivity contribution in [2.75, 3.05) is 19.8 Å². The molecule has 1 fully saturated rings. The molecule has 1 aliphatic rings. The lowest BCUT2D eigenvalue weighted by Gasteiger charge is -2.44. The molecule has 2 heterocycles. The van der Waals surface area contributed by atoms with E-state index in [-0.39, 0.29) is 13.2 Å². The van der Waals surface area contributed by atoms with E-state index >= 15 is 0 Å². The summed E-state index contributed by atoms with van der Waals surface area (Å²) < 4.78 is 15.9. The number of esters is 2. The van der Waals surface area contributed by atoms with Crippen LogP contribution in [-0.2, 0) is 37.9 Å². The molecule has 3 amide bonds. The molecule has 17 heteroatoms. The first-order valence-electron chi connectivity index (χ1n) is 22.4. The Morgan fingerprint density at radius 2 is 1.49 bits per heavy atom. The van der Waals surface area contributed by atoms with E-state index in [2.05, 4.69) is 36.8 Å². The van der Waals surface area contributed by atoms with Crippen molar-refractivity contribution in [1.29, 1.82) is 0 Å². The first-order valence-corrected chi connectivity index (χ1v) is 25.4. The van der Waals surface area contributed by atoms with Crippen molar-refractivity contribution in [2.24, 2.45) is 11.3 Å². The summed E-state index contributed by atoms with van der Waals surface area (Å²) in [5.41, 5.74) is 3.96. The molecule has 4 aromatic rings. The average molecular weight is 996 g/mol. The average Bonchev–Trinajstić information content (AvgIpc) is 3.28. The Kier molecular flexibility index (Phi) is 17.9. The second kappa shape index (κ2) is 22.5. The zero-order chi connectivity index (χ0) is 49.3. The van der Waals surface area contributed by atoms with Gasteiger partial charge in [-0.2, -0.15) is 0 Å². The molecule has 0 spiro atoms. The van der Waals surface area contributed by atoms with Crippen molar-refractivity contribution in [3.63, 3.8) is 0 Å². The van der Waals surface area contributed by atoms with E-state index in [9.17, 15) is 24.0 Å². The third-order valence-electron chi connectivity index (χ3n) is 11.6. The van der Waals surface area contributed by atoms with Crippen LogP contribution in [0.4, 0.5) is 0 Å². The maximum absolute atomic E-state index is 14.8. The maximum atomic E-state index is 14.8. The van der Waals surface area contributed by atoms with Crippen LogP contribution in [0.5, 0.6) is 0 Å². The molecule has 1 saturated heterocycles. The number of amides is 3. The van der Waals surface area contributed by atoms with Gasteiger partial charge >= 0.3 is 11.9 Å². The minimum Gasteiger partial charge on any atom is -0.460 e. The van der Waals surface area contributed by atoms with E-state index in [1.807, 2.05) is 97.1 Å². The SMILES string of the molecule is CC(=O)O[C@H](C)c1ccc2ccc(/C=C/C(C)(C)C(=O)N[C@H](C(=O)N[C@@H](CO[Si](c3ccccc3)(c3ccccc3)C(C)(C)C)C(=O)N3CCC[C@@H](C(=O)OCC(Cl)(Cl)Cl)N3)C(C)C)cc2n1. The number of ether oxygens (including phenoxy) is 2. The number of hydrogen-bond donors (Lipinski definition) is 3. The third-order valence-corrected chi connectivity index (χ3v) is 17.0. The number of nitrogens with one attached hydrogen (secondary N) is 3. The predicted molar refractivity (Wildman–Crippen MR) is 266 cm³/mol. The summed E-state index contributed by atoms with van der Waals surface area (Å²) in [4.78, 5) is 72.8. The molecular weight excluding hydrogens is 933 g/mol. The number of rotatable bonds is 17. The van der Waals surface area contributed by atoms with Gasteiger partial charge in [-0.1, -0.05) is 160 Å². The monoisotopic (exact) mass is 993 g/mol. The highest BCUT2D eigenvalue weighted by molar-refractivity contribution is 6.99. The smallest absolute Gasteiger partial charge is 0.325 e. The van der Waals surface area contributed by atoms with E-state index in [0.29, 0.717) is 24.1 Å². The van der Waals surface area contributed by atoms with Crippen molar-refractivity contribution in [1.82, 2.24) is 26.1 Å². The van der Waals surface area contributed by atoms with Gasteiger partial charge in [0.15, 0.2) is 0 Å². The Balaban J connectivity index is 1.42. The number of fused-ring (bicyclic) bond motifs is 1. The molecule has 0 unspecified atom stereocenters. The number of alkyl halides is 3. The van der Waals surface area contributed by atoms with Gasteiger partial charge in [0.25, 0.3) is 14.2 Å². The number of aromatic nitrogens is 1. The van der Waals surface area contributed by atoms with Crippen molar-refractivity contribution in [2.45, 2.75) is 108 Å². The molecule has 3 N–H and O–H groups in total. The fraction of sp³-hybridized carbons (Fsp3) is 0.440. The van der Waals surface area contributed by atoms with Crippen LogP contribution in [0.1, 0.15) is 92.5 Å². The molecule has 5 rings (SSSR count). The van der Waals surface area contributed by atoms with Gasteiger partial charge in [-0.05, 0) is 72.6 Å². The van der Waals surface area contributed by atoms with Crippen molar-refractivity contribution in [3.8, 4) is 0 Å². The third kappa shape index (κ3) is 13.9. The molecule has 67 heavy (non-hydrogen) atoms. The van der Waals surface area contributed by atoms with Gasteiger partial charge in [0.2, 0.25) is 15.6 Å². The van der Waals surface area contributed by atoms with Crippen LogP contribution < -0.4 is 26.4 Å². The van der Waals surface area contributed by atoms with Crippen molar-refractivity contribution in [3.05, 3.63) is 108 Å². The van der Waals surface area contributed by atoms with Crippen LogP contribution in [0.2, 0.25) is 5.04 Å². The fourth-order valence-electron chi connectivity index (χ4n) is 7.99. The Bertz CT molecular complexity index is 2370. The standard InChI is InChI=1S/C50H62Cl3N5O8Si/c1-32(2)43(56-47(63)49(8,9)27-26-35-22-23-36-24-25-39(54-41(36)29-35)33(3)66-34(4)59)44(60)55-42(45(61)58-28-16-21-40(57-58)46(62)64-31-50(51,52)53)30-65-67(48(5,6)7,37-17-12-10-13-18-37)38-19-14-11-15-20-38/h10-15,17-20,22-27,29,32-33,40,42-43,57H,16,21,28,30-31H2,1-9H3,(H,55,60)(H,56,63)/b27-26+/t33-,40+,42+,43+/m1/s1. The van der Waals surface area contributed by atoms with Crippen LogP contribution >= 0.6 is 34.8 Å². The van der Waals surface area contributed by atoms with Crippen LogP contribution in [0, 0.1) is 11.3 Å².